The Bertz CT molecular complexity index is 1870. The number of fused-ring (bicyclic) bond motifs is 4. The molecule has 0 unspecified atom stereocenters. The molecule has 2 aromatic heterocycles. The van der Waals surface area contributed by atoms with Crippen LogP contribution in [-0.2, 0) is 6.18 Å². The second kappa shape index (κ2) is 8.49. The number of alkyl halides is 3. The Balaban J connectivity index is 1.59. The van der Waals surface area contributed by atoms with Crippen molar-refractivity contribution in [2.75, 3.05) is 9.80 Å². The highest BCUT2D eigenvalue weighted by Crippen LogP contribution is 2.51. The summed E-state index contributed by atoms with van der Waals surface area (Å²) in [5, 5.41) is 0. The average Bonchev–Trinajstić information content (AvgIpc) is 2.94. The molecule has 4 aromatic carbocycles. The molecule has 0 radical (unpaired) electrons. The number of hydrogen-bond acceptors (Lipinski definition) is 6. The molecular weight excluding hydrogens is 501 g/mol. The molecular formula is C30H19F3N6. The minimum absolute atomic E-state index is 0.130. The van der Waals surface area contributed by atoms with Crippen molar-refractivity contribution in [3.05, 3.63) is 108 Å². The smallest absolute Gasteiger partial charge is 0.273 e. The molecule has 9 heteroatoms. The first kappa shape index (κ1) is 23.1. The fourth-order valence-electron chi connectivity index (χ4n) is 4.80. The largest absolute Gasteiger partial charge is 0.416 e. The van der Waals surface area contributed by atoms with E-state index in [1.165, 1.54) is 6.07 Å². The second-order valence-corrected chi connectivity index (χ2v) is 9.28. The Hall–Kier alpha value is -5.05. The highest BCUT2D eigenvalue weighted by molar-refractivity contribution is 6.00. The van der Waals surface area contributed by atoms with Crippen LogP contribution in [0, 0.1) is 6.92 Å². The molecule has 1 aliphatic rings. The van der Waals surface area contributed by atoms with E-state index in [4.69, 9.17) is 19.9 Å². The number of nitrogens with zero attached hydrogens (tertiary/aromatic N) is 6. The van der Waals surface area contributed by atoms with Crippen molar-refractivity contribution in [3.8, 4) is 0 Å². The van der Waals surface area contributed by atoms with Gasteiger partial charge in [0, 0.05) is 11.4 Å². The number of aromatic nitrogens is 4. The summed E-state index contributed by atoms with van der Waals surface area (Å²) in [5.74, 6) is 1.82. The minimum atomic E-state index is -4.50. The fraction of sp³-hybridized carbons (Fsp3) is 0.0667. The predicted molar refractivity (Wildman–Crippen MR) is 145 cm³/mol. The molecule has 0 fully saturated rings. The predicted octanol–water partition coefficient (Wildman–Crippen LogP) is 8.15. The van der Waals surface area contributed by atoms with Crippen molar-refractivity contribution in [2.45, 2.75) is 13.1 Å². The summed E-state index contributed by atoms with van der Waals surface area (Å²) in [4.78, 5) is 23.3. The third-order valence-electron chi connectivity index (χ3n) is 6.62. The molecule has 6 nitrogen and oxygen atoms in total. The summed E-state index contributed by atoms with van der Waals surface area (Å²) in [5.41, 5.74) is 3.62. The highest BCUT2D eigenvalue weighted by Gasteiger charge is 2.37. The van der Waals surface area contributed by atoms with E-state index in [1.54, 1.807) is 0 Å². The number of halogens is 3. The van der Waals surface area contributed by atoms with Crippen molar-refractivity contribution in [1.29, 1.82) is 0 Å². The zero-order valence-corrected chi connectivity index (χ0v) is 20.6. The molecule has 0 saturated heterocycles. The molecule has 1 aliphatic heterocycles. The molecule has 0 spiro atoms. The van der Waals surface area contributed by atoms with Gasteiger partial charge in [0.25, 0.3) is 0 Å². The van der Waals surface area contributed by atoms with Crippen LogP contribution in [0.15, 0.2) is 97.1 Å². The summed E-state index contributed by atoms with van der Waals surface area (Å²) in [6.45, 7) is 1.98. The molecule has 0 saturated carbocycles. The Morgan fingerprint density at radius 3 is 1.44 bits per heavy atom. The Morgan fingerprint density at radius 2 is 0.949 bits per heavy atom. The lowest BCUT2D eigenvalue weighted by atomic mass is 10.1. The normalized spacial score (nSPS) is 13.0. The van der Waals surface area contributed by atoms with Gasteiger partial charge in [-0.3, -0.25) is 9.80 Å². The van der Waals surface area contributed by atoms with Gasteiger partial charge in [-0.2, -0.15) is 13.2 Å². The lowest BCUT2D eigenvalue weighted by molar-refractivity contribution is -0.137. The van der Waals surface area contributed by atoms with Crippen LogP contribution in [0.2, 0.25) is 0 Å². The third kappa shape index (κ3) is 3.82. The molecule has 39 heavy (non-hydrogen) atoms. The third-order valence-corrected chi connectivity index (χ3v) is 6.62. The first-order chi connectivity index (χ1) is 18.9. The van der Waals surface area contributed by atoms with Gasteiger partial charge >= 0.3 is 6.18 Å². The minimum Gasteiger partial charge on any atom is -0.273 e. The maximum Gasteiger partial charge on any atom is 0.416 e. The van der Waals surface area contributed by atoms with Crippen molar-refractivity contribution >= 4 is 56.7 Å². The number of benzene rings is 4. The van der Waals surface area contributed by atoms with Crippen LogP contribution >= 0.6 is 0 Å². The number of hydrogen-bond donors (Lipinski definition) is 0. The van der Waals surface area contributed by atoms with Crippen LogP contribution in [0.4, 0.5) is 47.8 Å². The second-order valence-electron chi connectivity index (χ2n) is 9.28. The number of aryl methyl sites for hydroxylation is 1. The lowest BCUT2D eigenvalue weighted by Gasteiger charge is -2.36. The van der Waals surface area contributed by atoms with Gasteiger partial charge in [0.15, 0.2) is 23.3 Å². The van der Waals surface area contributed by atoms with E-state index in [9.17, 15) is 13.2 Å². The maximum absolute atomic E-state index is 13.6. The monoisotopic (exact) mass is 520 g/mol. The standard InChI is InChI=1S/C30H19F3N6/c1-18-12-14-22-24(16-18)36-28-26(34-22)38(20-8-4-2-5-9-20)27-29(39(28)21-10-6-3-7-11-21)37-25-17-19(30(31,32)33)13-15-23(25)35-27/h2-17H,1H3. The molecule has 0 amide bonds. The molecule has 190 valence electrons. The first-order valence-corrected chi connectivity index (χ1v) is 12.2. The summed E-state index contributed by atoms with van der Waals surface area (Å²) in [6, 6.07) is 28.3. The van der Waals surface area contributed by atoms with E-state index >= 15 is 0 Å². The fourth-order valence-corrected chi connectivity index (χ4v) is 4.80. The zero-order chi connectivity index (χ0) is 26.7. The van der Waals surface area contributed by atoms with Crippen LogP contribution in [0.3, 0.4) is 0 Å². The summed E-state index contributed by atoms with van der Waals surface area (Å²) < 4.78 is 40.7. The van der Waals surface area contributed by atoms with Crippen LogP contribution in [-0.4, -0.2) is 19.9 Å². The van der Waals surface area contributed by atoms with Gasteiger partial charge in [-0.15, -0.1) is 0 Å². The van der Waals surface area contributed by atoms with Gasteiger partial charge in [-0.1, -0.05) is 42.5 Å². The topological polar surface area (TPSA) is 58.0 Å². The summed E-state index contributed by atoms with van der Waals surface area (Å²) >= 11 is 0. The SMILES string of the molecule is Cc1ccc2nc3c(nc2c1)N(c1ccccc1)c1nc2cc(C(F)(F)F)ccc2nc1N3c1ccccc1. The van der Waals surface area contributed by atoms with E-state index in [2.05, 4.69) is 0 Å². The summed E-state index contributed by atoms with van der Waals surface area (Å²) in [7, 11) is 0. The molecule has 7 rings (SSSR count). The van der Waals surface area contributed by atoms with Crippen molar-refractivity contribution in [2.24, 2.45) is 0 Å². The molecule has 3 heterocycles. The molecule has 0 N–H and O–H groups in total. The van der Waals surface area contributed by atoms with E-state index in [0.29, 0.717) is 39.8 Å². The maximum atomic E-state index is 13.6. The number of rotatable bonds is 2. The van der Waals surface area contributed by atoms with E-state index in [1.807, 2.05) is 95.6 Å². The van der Waals surface area contributed by atoms with E-state index < -0.39 is 11.7 Å². The Labute approximate surface area is 221 Å². The van der Waals surface area contributed by atoms with E-state index in [-0.39, 0.29) is 5.52 Å². The van der Waals surface area contributed by atoms with Crippen molar-refractivity contribution in [1.82, 2.24) is 19.9 Å². The van der Waals surface area contributed by atoms with Gasteiger partial charge in [0.2, 0.25) is 0 Å². The van der Waals surface area contributed by atoms with Gasteiger partial charge in [0.1, 0.15) is 0 Å². The van der Waals surface area contributed by atoms with Gasteiger partial charge in [-0.25, -0.2) is 19.9 Å². The summed E-state index contributed by atoms with van der Waals surface area (Å²) in [6.07, 6.45) is -4.50. The van der Waals surface area contributed by atoms with E-state index in [0.717, 1.165) is 29.1 Å². The quantitative estimate of drug-likeness (QED) is 0.229. The number of anilines is 6. The highest BCUT2D eigenvalue weighted by atomic mass is 19.4. The first-order valence-electron chi connectivity index (χ1n) is 12.2. The van der Waals surface area contributed by atoms with Gasteiger partial charge < -0.3 is 0 Å². The van der Waals surface area contributed by atoms with Gasteiger partial charge in [0.05, 0.1) is 27.6 Å². The van der Waals surface area contributed by atoms with Crippen LogP contribution < -0.4 is 9.80 Å². The van der Waals surface area contributed by atoms with Crippen LogP contribution in [0.25, 0.3) is 22.1 Å². The molecule has 0 aliphatic carbocycles. The zero-order valence-electron chi connectivity index (χ0n) is 20.6. The van der Waals surface area contributed by atoms with Crippen molar-refractivity contribution in [3.63, 3.8) is 0 Å². The van der Waals surface area contributed by atoms with Gasteiger partial charge in [-0.05, 0) is 67.1 Å². The van der Waals surface area contributed by atoms with Crippen LogP contribution in [0.5, 0.6) is 0 Å². The molecule has 0 bridgehead atoms. The Kier molecular flexibility index (Phi) is 5.03. The molecule has 0 atom stereocenters. The van der Waals surface area contributed by atoms with Crippen LogP contribution in [0.1, 0.15) is 11.1 Å². The number of para-hydroxylation sites is 2. The lowest BCUT2D eigenvalue weighted by Crippen LogP contribution is -2.28. The van der Waals surface area contributed by atoms with Crippen molar-refractivity contribution < 1.29 is 13.2 Å². The Morgan fingerprint density at radius 1 is 0.513 bits per heavy atom. The molecule has 6 aromatic rings. The average molecular weight is 521 g/mol.